The van der Waals surface area contributed by atoms with Gasteiger partial charge in [-0.05, 0) is 92.7 Å². The van der Waals surface area contributed by atoms with Gasteiger partial charge in [0.2, 0.25) is 0 Å². The Labute approximate surface area is 198 Å². The second kappa shape index (κ2) is 7.48. The first-order valence-corrected chi connectivity index (χ1v) is 12.5. The molecule has 7 heteroatoms. The molecule has 5 fully saturated rings. The summed E-state index contributed by atoms with van der Waals surface area (Å²) in [6.07, 6.45) is 9.54. The molecule has 2 heterocycles. The number of aromatic nitrogens is 1. The van der Waals surface area contributed by atoms with E-state index >= 15 is 0 Å². The quantitative estimate of drug-likeness (QED) is 0.694. The highest BCUT2D eigenvalue weighted by Crippen LogP contribution is 2.61. The van der Waals surface area contributed by atoms with E-state index in [9.17, 15) is 13.6 Å². The van der Waals surface area contributed by atoms with Crippen LogP contribution in [0.5, 0.6) is 0 Å². The fourth-order valence-electron chi connectivity index (χ4n) is 7.98. The van der Waals surface area contributed by atoms with Crippen LogP contribution in [0.1, 0.15) is 67.8 Å². The van der Waals surface area contributed by atoms with Crippen LogP contribution in [0.3, 0.4) is 0 Å². The normalized spacial score (nSPS) is 34.1. The lowest BCUT2D eigenvalue weighted by atomic mass is 9.47. The molecular formula is C27H32F2N4O. The number of hydrogen-bond acceptors (Lipinski definition) is 4. The number of nitrogens with two attached hydrogens (primary N) is 2. The summed E-state index contributed by atoms with van der Waals surface area (Å²) < 4.78 is 28.4. The monoisotopic (exact) mass is 466 g/mol. The Morgan fingerprint density at radius 3 is 2.15 bits per heavy atom. The number of nitrogens with zero attached hydrogens (tertiary/aromatic N) is 2. The molecular weight excluding hydrogens is 434 g/mol. The molecule has 1 aromatic heterocycles. The number of carbonyl (C=O) groups is 1. The number of anilines is 1. The van der Waals surface area contributed by atoms with E-state index in [0.717, 1.165) is 37.3 Å². The Hall–Kier alpha value is -2.54. The molecule has 180 valence electrons. The van der Waals surface area contributed by atoms with E-state index in [1.807, 2.05) is 6.92 Å². The van der Waals surface area contributed by atoms with Crippen molar-refractivity contribution in [2.45, 2.75) is 62.8 Å². The smallest absolute Gasteiger partial charge is 0.251 e. The van der Waals surface area contributed by atoms with Crippen LogP contribution in [0.15, 0.2) is 24.4 Å². The molecule has 1 saturated heterocycles. The fraction of sp³-hybridized carbons (Fsp3) is 0.556. The van der Waals surface area contributed by atoms with Crippen LogP contribution in [0.4, 0.5) is 14.5 Å². The lowest BCUT2D eigenvalue weighted by Crippen LogP contribution is -2.49. The van der Waals surface area contributed by atoms with E-state index in [4.69, 9.17) is 16.5 Å². The molecule has 0 radical (unpaired) electrons. The Morgan fingerprint density at radius 2 is 1.65 bits per heavy atom. The molecule has 2 aromatic rings. The minimum atomic E-state index is -0.682. The minimum Gasteiger partial charge on any atom is -0.367 e. The maximum atomic E-state index is 14.2. The predicted molar refractivity (Wildman–Crippen MR) is 127 cm³/mol. The van der Waals surface area contributed by atoms with Gasteiger partial charge in [0.25, 0.3) is 5.91 Å². The Morgan fingerprint density at radius 1 is 1.06 bits per heavy atom. The summed E-state index contributed by atoms with van der Waals surface area (Å²) >= 11 is 0. The van der Waals surface area contributed by atoms with Gasteiger partial charge in [-0.25, -0.2) is 8.78 Å². The molecule has 1 amide bonds. The van der Waals surface area contributed by atoms with Gasteiger partial charge in [0.05, 0.1) is 16.9 Å². The third-order valence-electron chi connectivity index (χ3n) is 8.87. The molecule has 1 aromatic carbocycles. The molecule has 4 N–H and O–H groups in total. The van der Waals surface area contributed by atoms with Gasteiger partial charge in [0.15, 0.2) is 0 Å². The molecule has 0 spiro atoms. The lowest BCUT2D eigenvalue weighted by molar-refractivity contribution is -0.00564. The number of primary amides is 1. The van der Waals surface area contributed by atoms with Crippen LogP contribution in [-0.2, 0) is 5.41 Å². The number of hydrogen-bond donors (Lipinski definition) is 2. The highest BCUT2D eigenvalue weighted by molar-refractivity contribution is 6.04. The van der Waals surface area contributed by atoms with E-state index in [1.54, 1.807) is 6.20 Å². The van der Waals surface area contributed by atoms with Gasteiger partial charge in [0.1, 0.15) is 11.6 Å². The van der Waals surface area contributed by atoms with Crippen molar-refractivity contribution in [3.05, 3.63) is 47.2 Å². The summed E-state index contributed by atoms with van der Waals surface area (Å²) in [5, 5.41) is 0. The van der Waals surface area contributed by atoms with Crippen LogP contribution in [0, 0.1) is 29.4 Å². The molecule has 1 atom stereocenters. The number of pyridine rings is 1. The second-order valence-electron chi connectivity index (χ2n) is 11.8. The number of rotatable bonds is 4. The fourth-order valence-corrected chi connectivity index (χ4v) is 7.98. The SMILES string of the molecule is C[C@]1(N)CCN(c2c(-c3cc(F)cc(F)c3)ncc(C34CC5CC(CC(C5)C3)C4)c2C(N)=O)C1. The summed E-state index contributed by atoms with van der Waals surface area (Å²) in [7, 11) is 0. The number of carbonyl (C=O) groups excluding carboxylic acids is 1. The highest BCUT2D eigenvalue weighted by Gasteiger charge is 2.53. The van der Waals surface area contributed by atoms with Crippen molar-refractivity contribution >= 4 is 11.6 Å². The van der Waals surface area contributed by atoms with Crippen molar-refractivity contribution in [2.75, 3.05) is 18.0 Å². The third-order valence-corrected chi connectivity index (χ3v) is 8.87. The van der Waals surface area contributed by atoms with Crippen molar-refractivity contribution in [2.24, 2.45) is 29.2 Å². The molecule has 1 aliphatic heterocycles. The first kappa shape index (κ1) is 22.0. The van der Waals surface area contributed by atoms with Crippen LogP contribution < -0.4 is 16.4 Å². The van der Waals surface area contributed by atoms with Crippen LogP contribution >= 0.6 is 0 Å². The molecule has 7 rings (SSSR count). The molecule has 5 nitrogen and oxygen atoms in total. The molecule has 34 heavy (non-hydrogen) atoms. The Kier molecular flexibility index (Phi) is 4.83. The Bertz CT molecular complexity index is 1120. The molecule has 4 saturated carbocycles. The van der Waals surface area contributed by atoms with Crippen LogP contribution in [0.2, 0.25) is 0 Å². The van der Waals surface area contributed by atoms with E-state index in [2.05, 4.69) is 4.90 Å². The average Bonchev–Trinajstić information content (AvgIpc) is 3.10. The van der Waals surface area contributed by atoms with Crippen molar-refractivity contribution in [1.82, 2.24) is 4.98 Å². The zero-order valence-corrected chi connectivity index (χ0v) is 19.6. The first-order valence-electron chi connectivity index (χ1n) is 12.5. The van der Waals surface area contributed by atoms with E-state index < -0.39 is 23.1 Å². The maximum absolute atomic E-state index is 14.2. The average molecular weight is 467 g/mol. The highest BCUT2D eigenvalue weighted by atomic mass is 19.1. The summed E-state index contributed by atoms with van der Waals surface area (Å²) in [4.78, 5) is 20.0. The van der Waals surface area contributed by atoms with Crippen molar-refractivity contribution in [3.8, 4) is 11.3 Å². The number of benzene rings is 1. The van der Waals surface area contributed by atoms with Crippen LogP contribution in [0.25, 0.3) is 11.3 Å². The van der Waals surface area contributed by atoms with Crippen molar-refractivity contribution in [1.29, 1.82) is 0 Å². The van der Waals surface area contributed by atoms with Crippen LogP contribution in [-0.4, -0.2) is 29.5 Å². The standard InChI is InChI=1S/C27H32F2N4O/c1-26(31)2-3-33(14-26)24-22(25(30)34)21(13-32-23(24)18-7-19(28)9-20(29)8-18)27-10-15-4-16(11-27)6-17(5-15)12-27/h7-9,13,15-17H,2-6,10-12,14,31H2,1H3,(H2,30,34)/t15?,16?,17?,26-,27?/m0/s1. The maximum Gasteiger partial charge on any atom is 0.251 e. The summed E-state index contributed by atoms with van der Waals surface area (Å²) in [5.41, 5.74) is 14.7. The topological polar surface area (TPSA) is 85.2 Å². The molecule has 0 unspecified atom stereocenters. The summed E-state index contributed by atoms with van der Waals surface area (Å²) in [5.74, 6) is 0.189. The molecule has 5 aliphatic rings. The minimum absolute atomic E-state index is 0.0989. The first-order chi connectivity index (χ1) is 16.1. The van der Waals surface area contributed by atoms with Crippen molar-refractivity contribution in [3.63, 3.8) is 0 Å². The molecule has 4 aliphatic carbocycles. The zero-order valence-electron chi connectivity index (χ0n) is 19.6. The Balaban J connectivity index is 1.58. The van der Waals surface area contributed by atoms with Gasteiger partial charge >= 0.3 is 0 Å². The number of halogens is 2. The summed E-state index contributed by atoms with van der Waals surface area (Å²) in [6, 6.07) is 3.37. The van der Waals surface area contributed by atoms with E-state index in [-0.39, 0.29) is 5.41 Å². The summed E-state index contributed by atoms with van der Waals surface area (Å²) in [6.45, 7) is 3.13. The largest absolute Gasteiger partial charge is 0.367 e. The van der Waals surface area contributed by atoms with Gasteiger partial charge < -0.3 is 16.4 Å². The van der Waals surface area contributed by atoms with E-state index in [0.29, 0.717) is 53.4 Å². The molecule has 4 bridgehead atoms. The lowest BCUT2D eigenvalue weighted by Gasteiger charge is -2.57. The van der Waals surface area contributed by atoms with Gasteiger partial charge in [-0.2, -0.15) is 0 Å². The van der Waals surface area contributed by atoms with Crippen molar-refractivity contribution < 1.29 is 13.6 Å². The predicted octanol–water partition coefficient (Wildman–Crippen LogP) is 4.52. The van der Waals surface area contributed by atoms with Gasteiger partial charge in [-0.3, -0.25) is 9.78 Å². The second-order valence-corrected chi connectivity index (χ2v) is 11.8. The van der Waals surface area contributed by atoms with Gasteiger partial charge in [-0.1, -0.05) is 0 Å². The third kappa shape index (κ3) is 3.51. The van der Waals surface area contributed by atoms with Gasteiger partial charge in [0, 0.05) is 36.5 Å². The zero-order chi connectivity index (χ0) is 23.8. The number of amides is 1. The van der Waals surface area contributed by atoms with E-state index in [1.165, 1.54) is 31.4 Å². The van der Waals surface area contributed by atoms with Gasteiger partial charge in [-0.15, -0.1) is 0 Å².